The van der Waals surface area contributed by atoms with Crippen LogP contribution >= 0.6 is 0 Å². The summed E-state index contributed by atoms with van der Waals surface area (Å²) >= 11 is 0. The van der Waals surface area contributed by atoms with Gasteiger partial charge in [0.25, 0.3) is 10.0 Å². The van der Waals surface area contributed by atoms with Gasteiger partial charge in [-0.1, -0.05) is 0 Å². The van der Waals surface area contributed by atoms with Crippen molar-refractivity contribution in [3.8, 4) is 0 Å². The van der Waals surface area contributed by atoms with Crippen molar-refractivity contribution < 1.29 is 33.7 Å². The van der Waals surface area contributed by atoms with Gasteiger partial charge in [0.15, 0.2) is 0 Å². The van der Waals surface area contributed by atoms with Gasteiger partial charge in [0.05, 0.1) is 4.90 Å². The van der Waals surface area contributed by atoms with Crippen molar-refractivity contribution in [2.24, 2.45) is 0 Å². The van der Waals surface area contributed by atoms with E-state index in [0.717, 1.165) is 0 Å². The van der Waals surface area contributed by atoms with E-state index < -0.39 is 10.0 Å². The van der Waals surface area contributed by atoms with Crippen molar-refractivity contribution in [2.45, 2.75) is 4.90 Å². The quantitative estimate of drug-likeness (QED) is 0.584. The Morgan fingerprint density at radius 1 is 1.11 bits per heavy atom. The van der Waals surface area contributed by atoms with Crippen LogP contribution in [0.5, 0.6) is 0 Å². The minimum Gasteiger partial charge on any atom is -1.00 e. The van der Waals surface area contributed by atoms with Gasteiger partial charge in [-0.15, -0.1) is 0 Å². The maximum atomic E-state index is 11.9. The Morgan fingerprint density at radius 2 is 1.63 bits per heavy atom. The van der Waals surface area contributed by atoms with Gasteiger partial charge in [-0.05, 0) is 30.3 Å². The first-order valence-corrected chi connectivity index (χ1v) is 6.22. The van der Waals surface area contributed by atoms with E-state index in [-0.39, 0.29) is 73.8 Å². The van der Waals surface area contributed by atoms with Crippen molar-refractivity contribution in [2.75, 3.05) is 10.5 Å². The van der Waals surface area contributed by atoms with E-state index in [4.69, 9.17) is 5.73 Å². The van der Waals surface area contributed by atoms with Crippen molar-refractivity contribution in [1.82, 2.24) is 9.97 Å². The van der Waals surface area contributed by atoms with Crippen LogP contribution in [0.3, 0.4) is 0 Å². The van der Waals surface area contributed by atoms with Crippen LogP contribution in [0.2, 0.25) is 0 Å². The van der Waals surface area contributed by atoms with Gasteiger partial charge in [-0.2, -0.15) is 0 Å². The molecule has 6 nitrogen and oxygen atoms in total. The number of hydrogen-bond acceptors (Lipinski definition) is 5. The first-order valence-electron chi connectivity index (χ1n) is 4.73. The van der Waals surface area contributed by atoms with Crippen molar-refractivity contribution in [1.29, 1.82) is 0 Å². The summed E-state index contributed by atoms with van der Waals surface area (Å²) in [5.74, 6) is 0.0318. The number of hydrogen-bond donors (Lipinski definition) is 2. The average molecular weight is 400 g/mol. The molecule has 0 saturated carbocycles. The molecule has 1 aromatic heterocycles. The van der Waals surface area contributed by atoms with Crippen LogP contribution in [0.25, 0.3) is 0 Å². The zero-order valence-corrected chi connectivity index (χ0v) is 14.3. The molecule has 19 heavy (non-hydrogen) atoms. The third kappa shape index (κ3) is 5.39. The number of nitrogens with two attached hydrogens (primary N) is 1. The number of benzene rings is 1. The van der Waals surface area contributed by atoms with Crippen molar-refractivity contribution >= 4 is 59.4 Å². The fourth-order valence-electron chi connectivity index (χ4n) is 1.18. The normalized spacial score (nSPS) is 9.89. The van der Waals surface area contributed by atoms with Gasteiger partial charge in [0.2, 0.25) is 5.95 Å². The van der Waals surface area contributed by atoms with E-state index in [1.54, 1.807) is 6.07 Å². The molecule has 3 N–H and O–H groups in total. The molecule has 1 aromatic carbocycles. The maximum absolute atomic E-state index is 11.9. The Hall–Kier alpha value is -0.150. The molecule has 2 rings (SSSR count). The molecule has 0 atom stereocenters. The van der Waals surface area contributed by atoms with E-state index >= 15 is 0 Å². The number of nitrogen functional groups attached to an aromatic ring is 1. The summed E-state index contributed by atoms with van der Waals surface area (Å²) in [6, 6.07) is 7.46. The predicted octanol–water partition coefficient (Wildman–Crippen LogP) is 0.701. The fourth-order valence-corrected chi connectivity index (χ4v) is 2.14. The Bertz CT molecular complexity index is 617. The Kier molecular flexibility index (Phi) is 8.14. The zero-order chi connectivity index (χ0) is 12.3. The summed E-state index contributed by atoms with van der Waals surface area (Å²) in [5.41, 5.74) is 5.98. The molecule has 0 unspecified atom stereocenters. The number of anilines is 2. The van der Waals surface area contributed by atoms with Crippen molar-refractivity contribution in [3.63, 3.8) is 0 Å². The molecule has 0 aliphatic rings. The molecule has 0 spiro atoms. The minimum atomic E-state index is -3.66. The first kappa shape index (κ1) is 18.9. The average Bonchev–Trinajstić information content (AvgIpc) is 2.30. The SMILES string of the molecule is Nc1ccc(S(=O)(=O)Nc2ncccn2)cc1.[Ag].[Ca+2].[H-].[H-]. The van der Waals surface area contributed by atoms with E-state index in [1.165, 1.54) is 36.7 Å². The Labute approximate surface area is 159 Å². The summed E-state index contributed by atoms with van der Waals surface area (Å²) in [7, 11) is -3.66. The predicted molar refractivity (Wildman–Crippen MR) is 71.7 cm³/mol. The van der Waals surface area contributed by atoms with E-state index in [0.29, 0.717) is 5.69 Å². The van der Waals surface area contributed by atoms with E-state index in [9.17, 15) is 8.42 Å². The monoisotopic (exact) mass is 399 g/mol. The van der Waals surface area contributed by atoms with Crippen LogP contribution < -0.4 is 10.5 Å². The summed E-state index contributed by atoms with van der Waals surface area (Å²) < 4.78 is 26.0. The molecule has 0 bridgehead atoms. The molecule has 103 valence electrons. The number of aromatic nitrogens is 2. The number of nitrogens with one attached hydrogen (secondary N) is 1. The maximum Gasteiger partial charge on any atom is 2.00 e. The van der Waals surface area contributed by atoms with Gasteiger partial charge in [-0.3, -0.25) is 0 Å². The number of nitrogens with zero attached hydrogens (tertiary/aromatic N) is 2. The second-order valence-electron chi connectivity index (χ2n) is 3.25. The Balaban J connectivity index is -0.000000810. The number of sulfonamides is 1. The van der Waals surface area contributed by atoms with Gasteiger partial charge >= 0.3 is 37.7 Å². The van der Waals surface area contributed by atoms with Gasteiger partial charge in [0.1, 0.15) is 0 Å². The first-order chi connectivity index (χ1) is 8.08. The smallest absolute Gasteiger partial charge is 1.00 e. The Morgan fingerprint density at radius 3 is 2.16 bits per heavy atom. The van der Waals surface area contributed by atoms with Gasteiger partial charge < -0.3 is 8.59 Å². The third-order valence-corrected chi connectivity index (χ3v) is 3.33. The standard InChI is InChI=1S/C10H10N4O2S.Ag.Ca.2H/c11-8-2-4-9(5-3-8)17(15,16)14-10-12-6-1-7-13-10;;;;/h1-7H,11H2,(H,12,13,14);;;;/q;;+2;2*-1. The molecule has 1 radical (unpaired) electrons. The summed E-state index contributed by atoms with van der Waals surface area (Å²) in [5, 5.41) is 0. The zero-order valence-electron chi connectivity index (χ0n) is 11.7. The second-order valence-corrected chi connectivity index (χ2v) is 4.93. The molecular formula is C10H12AgCaN4O2S. The molecule has 0 aliphatic carbocycles. The molecule has 0 saturated heterocycles. The molecule has 9 heteroatoms. The number of rotatable bonds is 3. The molecule has 0 aliphatic heterocycles. The molecule has 2 aromatic rings. The van der Waals surface area contributed by atoms with Crippen LogP contribution in [-0.2, 0) is 32.4 Å². The van der Waals surface area contributed by atoms with Crippen molar-refractivity contribution in [3.05, 3.63) is 42.7 Å². The van der Waals surface area contributed by atoms with Gasteiger partial charge in [-0.25, -0.2) is 23.1 Å². The summed E-state index contributed by atoms with van der Waals surface area (Å²) in [6.07, 6.45) is 2.90. The second kappa shape index (κ2) is 8.21. The van der Waals surface area contributed by atoms with Crippen LogP contribution in [0.15, 0.2) is 47.6 Å². The summed E-state index contributed by atoms with van der Waals surface area (Å²) in [6.45, 7) is 0. The topological polar surface area (TPSA) is 98.0 Å². The fraction of sp³-hybridized carbons (Fsp3) is 0. The molecular weight excluding hydrogens is 388 g/mol. The van der Waals surface area contributed by atoms with E-state index in [2.05, 4.69) is 14.7 Å². The minimum absolute atomic E-state index is 0. The largest absolute Gasteiger partial charge is 2.00 e. The van der Waals surface area contributed by atoms with E-state index in [1.807, 2.05) is 0 Å². The summed E-state index contributed by atoms with van der Waals surface area (Å²) in [4.78, 5) is 7.67. The molecule has 0 amide bonds. The van der Waals surface area contributed by atoms with Crippen LogP contribution in [-0.4, -0.2) is 56.1 Å². The molecule has 0 fully saturated rings. The van der Waals surface area contributed by atoms with Crippen LogP contribution in [0.4, 0.5) is 11.6 Å². The molecule has 1 heterocycles. The third-order valence-electron chi connectivity index (χ3n) is 1.98. The van der Waals surface area contributed by atoms with Crippen LogP contribution in [0, 0.1) is 0 Å². The van der Waals surface area contributed by atoms with Crippen LogP contribution in [0.1, 0.15) is 2.85 Å². The van der Waals surface area contributed by atoms with Gasteiger partial charge in [0, 0.05) is 40.5 Å².